The first-order chi connectivity index (χ1) is 9.06. The van der Waals surface area contributed by atoms with E-state index in [2.05, 4.69) is 4.98 Å². The third kappa shape index (κ3) is 3.25. The molecule has 0 amide bonds. The fraction of sp³-hybridized carbons (Fsp3) is 0.0769. The molecule has 0 atom stereocenters. The van der Waals surface area contributed by atoms with Crippen molar-refractivity contribution in [3.8, 4) is 5.75 Å². The molecule has 2 rings (SSSR count). The van der Waals surface area contributed by atoms with Gasteiger partial charge in [0, 0.05) is 11.6 Å². The molecule has 0 radical (unpaired) electrons. The molecule has 1 aromatic heterocycles. The molecule has 2 aromatic rings. The number of hydrogen-bond acceptors (Lipinski definition) is 3. The lowest BCUT2D eigenvalue weighted by Crippen LogP contribution is -2.02. The summed E-state index contributed by atoms with van der Waals surface area (Å²) in [5.74, 6) is -2.20. The van der Waals surface area contributed by atoms with Crippen LogP contribution in [0.25, 0.3) is 0 Å². The number of aromatic nitrogens is 1. The number of rotatable bonds is 4. The number of carboxylic acid groups (broad SMARTS) is 1. The Hall–Kier alpha value is -2.50. The number of nitrogens with zero attached hydrogens (tertiary/aromatic N) is 1. The van der Waals surface area contributed by atoms with E-state index in [1.807, 2.05) is 0 Å². The molecule has 0 saturated heterocycles. The molecule has 19 heavy (non-hydrogen) atoms. The van der Waals surface area contributed by atoms with Crippen molar-refractivity contribution in [2.75, 3.05) is 0 Å². The van der Waals surface area contributed by atoms with Crippen LogP contribution in [0, 0.1) is 11.6 Å². The second-order valence-corrected chi connectivity index (χ2v) is 3.71. The summed E-state index contributed by atoms with van der Waals surface area (Å²) in [6.45, 7) is -0.0970. The van der Waals surface area contributed by atoms with Crippen molar-refractivity contribution in [2.45, 2.75) is 6.61 Å². The highest BCUT2D eigenvalue weighted by Crippen LogP contribution is 2.14. The third-order valence-electron chi connectivity index (χ3n) is 2.36. The van der Waals surface area contributed by atoms with Crippen LogP contribution in [-0.4, -0.2) is 16.1 Å². The number of aromatic carboxylic acids is 1. The van der Waals surface area contributed by atoms with E-state index in [9.17, 15) is 13.6 Å². The van der Waals surface area contributed by atoms with Gasteiger partial charge in [-0.3, -0.25) is 0 Å². The van der Waals surface area contributed by atoms with Gasteiger partial charge in [0.1, 0.15) is 29.7 Å². The average Bonchev–Trinajstić information content (AvgIpc) is 2.38. The second-order valence-electron chi connectivity index (χ2n) is 3.71. The van der Waals surface area contributed by atoms with Crippen LogP contribution in [0.5, 0.6) is 5.75 Å². The highest BCUT2D eigenvalue weighted by molar-refractivity contribution is 5.85. The first kappa shape index (κ1) is 12.9. The average molecular weight is 265 g/mol. The SMILES string of the molecule is O=C(O)c1ccc(OCc2ccc(F)cc2F)cn1. The van der Waals surface area contributed by atoms with Gasteiger partial charge in [0.15, 0.2) is 0 Å². The summed E-state index contributed by atoms with van der Waals surface area (Å²) in [5.41, 5.74) is 0.0871. The lowest BCUT2D eigenvalue weighted by molar-refractivity contribution is 0.0690. The third-order valence-corrected chi connectivity index (χ3v) is 2.36. The Labute approximate surface area is 107 Å². The monoisotopic (exact) mass is 265 g/mol. The van der Waals surface area contributed by atoms with Crippen molar-refractivity contribution in [3.05, 3.63) is 59.4 Å². The molecule has 0 fully saturated rings. The van der Waals surface area contributed by atoms with Gasteiger partial charge in [-0.2, -0.15) is 0 Å². The molecule has 0 saturated carbocycles. The number of carbonyl (C=O) groups is 1. The van der Waals surface area contributed by atoms with Crippen molar-refractivity contribution < 1.29 is 23.4 Å². The highest BCUT2D eigenvalue weighted by atomic mass is 19.1. The summed E-state index contributed by atoms with van der Waals surface area (Å²) < 4.78 is 31.2. The zero-order valence-electron chi connectivity index (χ0n) is 9.64. The van der Waals surface area contributed by atoms with Crippen LogP contribution in [0.15, 0.2) is 36.5 Å². The van der Waals surface area contributed by atoms with Crippen molar-refractivity contribution in [3.63, 3.8) is 0 Å². The molecule has 0 spiro atoms. The molecule has 1 aromatic carbocycles. The van der Waals surface area contributed by atoms with Gasteiger partial charge >= 0.3 is 5.97 Å². The molecular weight excluding hydrogens is 256 g/mol. The molecule has 6 heteroatoms. The number of carboxylic acids is 1. The highest BCUT2D eigenvalue weighted by Gasteiger charge is 2.06. The minimum absolute atomic E-state index is 0.0970. The minimum Gasteiger partial charge on any atom is -0.487 e. The summed E-state index contributed by atoms with van der Waals surface area (Å²) in [5, 5.41) is 8.66. The number of halogens is 2. The fourth-order valence-electron chi connectivity index (χ4n) is 1.39. The van der Waals surface area contributed by atoms with Gasteiger partial charge in [-0.1, -0.05) is 0 Å². The van der Waals surface area contributed by atoms with Crippen LogP contribution < -0.4 is 4.74 Å². The Morgan fingerprint density at radius 1 is 1.26 bits per heavy atom. The van der Waals surface area contributed by atoms with Gasteiger partial charge < -0.3 is 9.84 Å². The molecule has 0 aliphatic rings. The number of pyridine rings is 1. The van der Waals surface area contributed by atoms with Gasteiger partial charge in [0.2, 0.25) is 0 Å². The van der Waals surface area contributed by atoms with Crippen LogP contribution >= 0.6 is 0 Å². The van der Waals surface area contributed by atoms with Crippen LogP contribution in [0.3, 0.4) is 0 Å². The quantitative estimate of drug-likeness (QED) is 0.923. The molecule has 4 nitrogen and oxygen atoms in total. The lowest BCUT2D eigenvalue weighted by Gasteiger charge is -2.07. The van der Waals surface area contributed by atoms with E-state index in [1.165, 1.54) is 24.4 Å². The normalized spacial score (nSPS) is 10.2. The maximum Gasteiger partial charge on any atom is 0.354 e. The maximum atomic E-state index is 13.3. The summed E-state index contributed by atoms with van der Waals surface area (Å²) in [4.78, 5) is 14.2. The lowest BCUT2D eigenvalue weighted by atomic mass is 10.2. The summed E-state index contributed by atoms with van der Waals surface area (Å²) in [7, 11) is 0. The minimum atomic E-state index is -1.14. The van der Waals surface area contributed by atoms with E-state index >= 15 is 0 Å². The van der Waals surface area contributed by atoms with E-state index in [0.717, 1.165) is 12.1 Å². The summed E-state index contributed by atoms with van der Waals surface area (Å²) in [6.07, 6.45) is 1.23. The van der Waals surface area contributed by atoms with Crippen LogP contribution in [0.4, 0.5) is 8.78 Å². The number of hydrogen-bond donors (Lipinski definition) is 1. The molecule has 1 heterocycles. The van der Waals surface area contributed by atoms with Gasteiger partial charge in [0.05, 0.1) is 6.20 Å². The van der Waals surface area contributed by atoms with Gasteiger partial charge in [0.25, 0.3) is 0 Å². The zero-order valence-corrected chi connectivity index (χ0v) is 9.64. The fourth-order valence-corrected chi connectivity index (χ4v) is 1.39. The molecule has 0 aliphatic carbocycles. The first-order valence-corrected chi connectivity index (χ1v) is 5.32. The van der Waals surface area contributed by atoms with Gasteiger partial charge in [-0.15, -0.1) is 0 Å². The van der Waals surface area contributed by atoms with Crippen LogP contribution in [0.2, 0.25) is 0 Å². The van der Waals surface area contributed by atoms with E-state index in [0.29, 0.717) is 5.75 Å². The van der Waals surface area contributed by atoms with Crippen molar-refractivity contribution in [1.82, 2.24) is 4.98 Å². The number of benzene rings is 1. The summed E-state index contributed by atoms with van der Waals surface area (Å²) >= 11 is 0. The van der Waals surface area contributed by atoms with E-state index in [1.54, 1.807) is 0 Å². The topological polar surface area (TPSA) is 59.4 Å². The summed E-state index contributed by atoms with van der Waals surface area (Å²) in [6, 6.07) is 5.87. The van der Waals surface area contributed by atoms with Gasteiger partial charge in [-0.25, -0.2) is 18.6 Å². The predicted molar refractivity (Wildman–Crippen MR) is 61.9 cm³/mol. The Kier molecular flexibility index (Phi) is 3.70. The zero-order chi connectivity index (χ0) is 13.8. The second kappa shape index (κ2) is 5.43. The molecule has 0 unspecified atom stereocenters. The largest absolute Gasteiger partial charge is 0.487 e. The molecule has 98 valence electrons. The van der Waals surface area contributed by atoms with Crippen LogP contribution in [0.1, 0.15) is 16.1 Å². The van der Waals surface area contributed by atoms with E-state index in [-0.39, 0.29) is 17.9 Å². The smallest absolute Gasteiger partial charge is 0.354 e. The molecular formula is C13H9F2NO3. The van der Waals surface area contributed by atoms with Crippen LogP contribution in [-0.2, 0) is 6.61 Å². The van der Waals surface area contributed by atoms with Gasteiger partial charge in [-0.05, 0) is 24.3 Å². The van der Waals surface area contributed by atoms with E-state index < -0.39 is 17.6 Å². The first-order valence-electron chi connectivity index (χ1n) is 5.32. The number of ether oxygens (including phenoxy) is 1. The standard InChI is InChI=1S/C13H9F2NO3/c14-9-2-1-8(11(15)5-9)7-19-10-3-4-12(13(17)18)16-6-10/h1-6H,7H2,(H,17,18). The Bertz CT molecular complexity index is 599. The van der Waals surface area contributed by atoms with Crippen molar-refractivity contribution in [1.29, 1.82) is 0 Å². The molecule has 0 bridgehead atoms. The Morgan fingerprint density at radius 3 is 2.63 bits per heavy atom. The van der Waals surface area contributed by atoms with E-state index in [4.69, 9.17) is 9.84 Å². The molecule has 0 aliphatic heterocycles. The van der Waals surface area contributed by atoms with Crippen molar-refractivity contribution >= 4 is 5.97 Å². The van der Waals surface area contributed by atoms with Crippen molar-refractivity contribution in [2.24, 2.45) is 0 Å². The predicted octanol–water partition coefficient (Wildman–Crippen LogP) is 2.64. The Balaban J connectivity index is 2.04. The Morgan fingerprint density at radius 2 is 2.05 bits per heavy atom. The maximum absolute atomic E-state index is 13.3. The molecule has 1 N–H and O–H groups in total.